The number of aryl methyl sites for hydroxylation is 3. The van der Waals surface area contributed by atoms with Crippen molar-refractivity contribution >= 4 is 10.0 Å². The van der Waals surface area contributed by atoms with Crippen LogP contribution in [0.15, 0.2) is 51.9 Å². The minimum absolute atomic E-state index is 0.0609. The Bertz CT molecular complexity index is 1010. The van der Waals surface area contributed by atoms with Crippen LogP contribution in [0.2, 0.25) is 0 Å². The van der Waals surface area contributed by atoms with Crippen molar-refractivity contribution in [3.63, 3.8) is 0 Å². The molecule has 0 bridgehead atoms. The second kappa shape index (κ2) is 6.78. The Labute approximate surface area is 147 Å². The summed E-state index contributed by atoms with van der Waals surface area (Å²) in [7, 11) is -3.65. The summed E-state index contributed by atoms with van der Waals surface area (Å²) in [4.78, 5) is 4.53. The molecule has 7 heteroatoms. The number of sulfonamides is 1. The Kier molecular flexibility index (Phi) is 4.69. The molecule has 0 saturated heterocycles. The molecule has 1 aromatic heterocycles. The van der Waals surface area contributed by atoms with Crippen molar-refractivity contribution in [1.29, 1.82) is 0 Å². The molecule has 0 atom stereocenters. The molecule has 0 spiro atoms. The molecule has 0 saturated carbocycles. The fourth-order valence-corrected chi connectivity index (χ4v) is 3.79. The highest BCUT2D eigenvalue weighted by Crippen LogP contribution is 2.20. The third-order valence-corrected chi connectivity index (χ3v) is 5.44. The summed E-state index contributed by atoms with van der Waals surface area (Å²) >= 11 is 0. The minimum Gasteiger partial charge on any atom is -0.338 e. The molecule has 0 aliphatic heterocycles. The Morgan fingerprint density at radius 1 is 1.04 bits per heavy atom. The molecule has 0 aliphatic carbocycles. The quantitative estimate of drug-likeness (QED) is 0.758. The maximum Gasteiger partial charge on any atom is 0.242 e. The predicted molar refractivity (Wildman–Crippen MR) is 94.4 cm³/mol. The molecule has 3 rings (SSSR count). The Morgan fingerprint density at radius 2 is 1.80 bits per heavy atom. The van der Waals surface area contributed by atoms with Crippen LogP contribution in [-0.2, 0) is 16.6 Å². The van der Waals surface area contributed by atoms with Crippen molar-refractivity contribution in [2.24, 2.45) is 0 Å². The maximum absolute atomic E-state index is 12.5. The lowest BCUT2D eigenvalue weighted by atomic mass is 10.1. The van der Waals surface area contributed by atoms with Crippen LogP contribution in [0.5, 0.6) is 0 Å². The lowest BCUT2D eigenvalue weighted by Gasteiger charge is -2.08. The molecule has 25 heavy (non-hydrogen) atoms. The zero-order chi connectivity index (χ0) is 18.0. The van der Waals surface area contributed by atoms with Crippen LogP contribution in [0, 0.1) is 20.8 Å². The molecule has 0 aliphatic rings. The maximum atomic E-state index is 12.5. The molecule has 0 amide bonds. The van der Waals surface area contributed by atoms with E-state index in [1.807, 2.05) is 44.2 Å². The fourth-order valence-electron chi connectivity index (χ4n) is 2.49. The largest absolute Gasteiger partial charge is 0.338 e. The molecule has 1 heterocycles. The lowest BCUT2D eigenvalue weighted by Crippen LogP contribution is -2.24. The van der Waals surface area contributed by atoms with Gasteiger partial charge in [0.15, 0.2) is 0 Å². The highest BCUT2D eigenvalue weighted by molar-refractivity contribution is 7.89. The van der Waals surface area contributed by atoms with Crippen molar-refractivity contribution in [2.45, 2.75) is 32.2 Å². The van der Waals surface area contributed by atoms with Crippen molar-refractivity contribution in [1.82, 2.24) is 14.9 Å². The SMILES string of the molecule is Cc1ccc(C)c(S(=O)(=O)NCc2nc(-c3ccccc3C)no2)c1. The van der Waals surface area contributed by atoms with Gasteiger partial charge in [-0.2, -0.15) is 4.98 Å². The number of rotatable bonds is 5. The van der Waals surface area contributed by atoms with Gasteiger partial charge in [-0.15, -0.1) is 0 Å². The van der Waals surface area contributed by atoms with Crippen LogP contribution in [0.25, 0.3) is 11.4 Å². The van der Waals surface area contributed by atoms with Gasteiger partial charge in [-0.05, 0) is 43.5 Å². The molecule has 130 valence electrons. The van der Waals surface area contributed by atoms with E-state index in [9.17, 15) is 8.42 Å². The standard InChI is InChI=1S/C18H19N3O3S/c1-12-8-9-14(3)16(10-12)25(22,23)19-11-17-20-18(21-24-17)15-7-5-4-6-13(15)2/h4-10,19H,11H2,1-3H3. The summed E-state index contributed by atoms with van der Waals surface area (Å²) in [6.45, 7) is 5.51. The summed E-state index contributed by atoms with van der Waals surface area (Å²) < 4.78 is 32.7. The van der Waals surface area contributed by atoms with Gasteiger partial charge < -0.3 is 4.52 Å². The van der Waals surface area contributed by atoms with Gasteiger partial charge in [0.2, 0.25) is 21.7 Å². The Balaban J connectivity index is 1.78. The molecule has 0 fully saturated rings. The Hall–Kier alpha value is -2.51. The first-order chi connectivity index (χ1) is 11.9. The van der Waals surface area contributed by atoms with Crippen molar-refractivity contribution in [2.75, 3.05) is 0 Å². The summed E-state index contributed by atoms with van der Waals surface area (Å²) in [5.74, 6) is 0.658. The highest BCUT2D eigenvalue weighted by Gasteiger charge is 2.18. The van der Waals surface area contributed by atoms with E-state index in [0.717, 1.165) is 16.7 Å². The topological polar surface area (TPSA) is 85.1 Å². The van der Waals surface area contributed by atoms with Gasteiger partial charge in [0.25, 0.3) is 0 Å². The number of hydrogen-bond donors (Lipinski definition) is 1. The highest BCUT2D eigenvalue weighted by atomic mass is 32.2. The molecule has 0 unspecified atom stereocenters. The third kappa shape index (κ3) is 3.78. The van der Waals surface area contributed by atoms with E-state index in [4.69, 9.17) is 4.52 Å². The first-order valence-electron chi connectivity index (χ1n) is 7.82. The van der Waals surface area contributed by atoms with Crippen LogP contribution in [0.1, 0.15) is 22.6 Å². The Morgan fingerprint density at radius 3 is 2.56 bits per heavy atom. The first-order valence-corrected chi connectivity index (χ1v) is 9.30. The third-order valence-electron chi connectivity index (χ3n) is 3.90. The zero-order valence-electron chi connectivity index (χ0n) is 14.3. The van der Waals surface area contributed by atoms with Crippen LogP contribution < -0.4 is 4.72 Å². The van der Waals surface area contributed by atoms with E-state index >= 15 is 0 Å². The number of hydrogen-bond acceptors (Lipinski definition) is 5. The molecular formula is C18H19N3O3S. The van der Waals surface area contributed by atoms with Crippen LogP contribution in [0.3, 0.4) is 0 Å². The molecule has 6 nitrogen and oxygen atoms in total. The van der Waals surface area contributed by atoms with Crippen LogP contribution >= 0.6 is 0 Å². The second-order valence-corrected chi connectivity index (χ2v) is 7.66. The average molecular weight is 357 g/mol. The summed E-state index contributed by atoms with van der Waals surface area (Å²) in [6.07, 6.45) is 0. The summed E-state index contributed by atoms with van der Waals surface area (Å²) in [5.41, 5.74) is 3.44. The first kappa shape index (κ1) is 17.3. The normalized spacial score (nSPS) is 11.6. The van der Waals surface area contributed by atoms with Crippen molar-refractivity contribution in [3.8, 4) is 11.4 Å². The van der Waals surface area contributed by atoms with E-state index in [0.29, 0.717) is 11.4 Å². The van der Waals surface area contributed by atoms with Crippen molar-refractivity contribution < 1.29 is 12.9 Å². The van der Waals surface area contributed by atoms with E-state index in [1.165, 1.54) is 0 Å². The van der Waals surface area contributed by atoms with Crippen LogP contribution in [0.4, 0.5) is 0 Å². The fraction of sp³-hybridized carbons (Fsp3) is 0.222. The summed E-state index contributed by atoms with van der Waals surface area (Å²) in [6, 6.07) is 13.0. The number of aromatic nitrogens is 2. The van der Waals surface area contributed by atoms with E-state index in [-0.39, 0.29) is 17.3 Å². The molecule has 0 radical (unpaired) electrons. The minimum atomic E-state index is -3.65. The second-order valence-electron chi connectivity index (χ2n) is 5.92. The predicted octanol–water partition coefficient (Wildman–Crippen LogP) is 3.14. The van der Waals surface area contributed by atoms with E-state index in [2.05, 4.69) is 14.9 Å². The van der Waals surface area contributed by atoms with Gasteiger partial charge in [0.05, 0.1) is 11.4 Å². The van der Waals surface area contributed by atoms with E-state index in [1.54, 1.807) is 19.1 Å². The van der Waals surface area contributed by atoms with Gasteiger partial charge >= 0.3 is 0 Å². The number of benzene rings is 2. The smallest absolute Gasteiger partial charge is 0.242 e. The number of nitrogens with zero attached hydrogens (tertiary/aromatic N) is 2. The number of nitrogens with one attached hydrogen (secondary N) is 1. The zero-order valence-corrected chi connectivity index (χ0v) is 15.1. The molecule has 2 aromatic carbocycles. The van der Waals surface area contributed by atoms with Gasteiger partial charge in [-0.1, -0.05) is 41.6 Å². The molecule has 3 aromatic rings. The lowest BCUT2D eigenvalue weighted by molar-refractivity contribution is 0.376. The molecule has 1 N–H and O–H groups in total. The van der Waals surface area contributed by atoms with Crippen molar-refractivity contribution in [3.05, 3.63) is 65.0 Å². The van der Waals surface area contributed by atoms with E-state index < -0.39 is 10.0 Å². The van der Waals surface area contributed by atoms with Gasteiger partial charge in [-0.25, -0.2) is 13.1 Å². The monoisotopic (exact) mass is 357 g/mol. The van der Waals surface area contributed by atoms with Gasteiger partial charge in [-0.3, -0.25) is 0 Å². The van der Waals surface area contributed by atoms with Crippen LogP contribution in [-0.4, -0.2) is 18.6 Å². The van der Waals surface area contributed by atoms with Gasteiger partial charge in [0, 0.05) is 5.56 Å². The average Bonchev–Trinajstić information content (AvgIpc) is 3.04. The summed E-state index contributed by atoms with van der Waals surface area (Å²) in [5, 5.41) is 3.93. The molecular weight excluding hydrogens is 338 g/mol. The van der Waals surface area contributed by atoms with Gasteiger partial charge in [0.1, 0.15) is 0 Å².